The van der Waals surface area contributed by atoms with Gasteiger partial charge in [0, 0.05) is 6.07 Å². The zero-order valence-electron chi connectivity index (χ0n) is 17.3. The van der Waals surface area contributed by atoms with E-state index in [2.05, 4.69) is 10.2 Å². The molecule has 0 aromatic heterocycles. The zero-order chi connectivity index (χ0) is 24.7. The molecule has 0 atom stereocenters. The summed E-state index contributed by atoms with van der Waals surface area (Å²) < 4.78 is 67.3. The summed E-state index contributed by atoms with van der Waals surface area (Å²) in [7, 11) is -10.1. The predicted octanol–water partition coefficient (Wildman–Crippen LogP) is 4.97. The van der Waals surface area contributed by atoms with Gasteiger partial charge in [0.25, 0.3) is 10.1 Å². The van der Waals surface area contributed by atoms with Crippen LogP contribution in [0.3, 0.4) is 0 Å². The van der Waals surface area contributed by atoms with Gasteiger partial charge in [0.1, 0.15) is 26.8 Å². The zero-order valence-corrected chi connectivity index (χ0v) is 18.9. The third kappa shape index (κ3) is 4.16. The van der Waals surface area contributed by atoms with Gasteiger partial charge in [-0.3, -0.25) is 4.55 Å². The fraction of sp³-hybridized carbons (Fsp3) is 0. The highest BCUT2D eigenvalue weighted by Gasteiger charge is 2.37. The molecule has 0 saturated carbocycles. The molecular formula is C22H19N3O7S2. The first kappa shape index (κ1) is 23.5. The van der Waals surface area contributed by atoms with Gasteiger partial charge in [-0.2, -0.15) is 8.42 Å². The molecule has 0 fully saturated rings. The van der Waals surface area contributed by atoms with E-state index in [0.717, 1.165) is 12.1 Å². The van der Waals surface area contributed by atoms with E-state index in [1.165, 1.54) is 60.7 Å². The third-order valence-corrected chi connectivity index (χ3v) is 8.15. The second-order valence-corrected chi connectivity index (χ2v) is 11.4. The van der Waals surface area contributed by atoms with Crippen molar-refractivity contribution in [2.24, 2.45) is 10.2 Å². The summed E-state index contributed by atoms with van der Waals surface area (Å²) in [6, 6.07) is 17.6. The minimum absolute atomic E-state index is 0.0438. The molecule has 4 aromatic carbocycles. The van der Waals surface area contributed by atoms with Crippen molar-refractivity contribution in [3.05, 3.63) is 78.9 Å². The SMILES string of the molecule is Nc1ccc2cc(S(=O)(=O)O)cc(O)c2c1N=Nc1ccccc1S(=O)(O)(O)c1ccccc1. The Morgan fingerprint density at radius 2 is 1.50 bits per heavy atom. The number of aromatic hydroxyl groups is 1. The normalized spacial score (nSPS) is 13.7. The number of fused-ring (bicyclic) bond motifs is 1. The fourth-order valence-electron chi connectivity index (χ4n) is 3.42. The Hall–Kier alpha value is -3.68. The number of benzene rings is 4. The van der Waals surface area contributed by atoms with E-state index >= 15 is 0 Å². The maximum Gasteiger partial charge on any atom is 0.294 e. The average molecular weight is 502 g/mol. The lowest BCUT2D eigenvalue weighted by atomic mass is 10.1. The molecule has 0 aliphatic heterocycles. The van der Waals surface area contributed by atoms with E-state index in [-0.39, 0.29) is 32.7 Å². The highest BCUT2D eigenvalue weighted by molar-refractivity contribution is 8.10. The molecule has 0 spiro atoms. The van der Waals surface area contributed by atoms with E-state index in [0.29, 0.717) is 0 Å². The number of phenols is 1. The Balaban J connectivity index is 1.89. The Morgan fingerprint density at radius 3 is 2.18 bits per heavy atom. The average Bonchev–Trinajstić information content (AvgIpc) is 2.78. The number of rotatable bonds is 5. The number of hydrogen-bond donors (Lipinski definition) is 5. The molecule has 12 heteroatoms. The van der Waals surface area contributed by atoms with Crippen molar-refractivity contribution in [1.29, 1.82) is 0 Å². The number of nitrogens with zero attached hydrogens (tertiary/aromatic N) is 2. The second kappa shape index (κ2) is 7.97. The number of anilines is 1. The Kier molecular flexibility index (Phi) is 5.50. The molecule has 0 unspecified atom stereocenters. The Labute approximate surface area is 194 Å². The van der Waals surface area contributed by atoms with E-state index in [4.69, 9.17) is 5.73 Å². The van der Waals surface area contributed by atoms with Gasteiger partial charge in [0.05, 0.1) is 25.8 Å². The topological polar surface area (TPSA) is 183 Å². The summed E-state index contributed by atoms with van der Waals surface area (Å²) in [5.74, 6) is -0.532. The highest BCUT2D eigenvalue weighted by atomic mass is 32.3. The maximum atomic E-state index is 13.4. The van der Waals surface area contributed by atoms with Crippen molar-refractivity contribution < 1.29 is 31.4 Å². The van der Waals surface area contributed by atoms with Gasteiger partial charge in [-0.25, -0.2) is 4.21 Å². The summed E-state index contributed by atoms with van der Waals surface area (Å²) in [5, 5.41) is 18.7. The van der Waals surface area contributed by atoms with Gasteiger partial charge >= 0.3 is 0 Å². The molecule has 4 rings (SSSR count). The van der Waals surface area contributed by atoms with Gasteiger partial charge < -0.3 is 19.9 Å². The molecule has 34 heavy (non-hydrogen) atoms. The molecule has 0 saturated heterocycles. The number of hydrogen-bond acceptors (Lipinski definition) is 7. The van der Waals surface area contributed by atoms with Crippen molar-refractivity contribution in [3.63, 3.8) is 0 Å². The quantitative estimate of drug-likeness (QED) is 0.144. The van der Waals surface area contributed by atoms with Crippen LogP contribution in [-0.4, -0.2) is 31.4 Å². The molecule has 0 aliphatic rings. The van der Waals surface area contributed by atoms with Crippen LogP contribution in [0.5, 0.6) is 5.75 Å². The van der Waals surface area contributed by atoms with Crippen LogP contribution >= 0.6 is 0 Å². The molecule has 10 nitrogen and oxygen atoms in total. The van der Waals surface area contributed by atoms with Gasteiger partial charge in [-0.15, -0.1) is 10.2 Å². The number of phenolic OH excluding ortho intramolecular Hbond substituents is 1. The largest absolute Gasteiger partial charge is 0.507 e. The Bertz CT molecular complexity index is 1630. The molecule has 0 heterocycles. The first-order valence-electron chi connectivity index (χ1n) is 9.62. The lowest BCUT2D eigenvalue weighted by Crippen LogP contribution is -2.31. The second-order valence-electron chi connectivity index (χ2n) is 7.36. The standard InChI is InChI=1S/C22H19N3O7S2/c23-17-11-10-14-12-15(33(27,28)29)13-19(26)21(14)22(17)25-24-18-8-4-5-9-20(18)34(30,31,32)16-6-2-1-3-7-16/h1-13,26H,23H2,(H,27,28,29)(H2,30,31,32). The first-order valence-corrected chi connectivity index (χ1v) is 12.9. The molecule has 0 aliphatic carbocycles. The summed E-state index contributed by atoms with van der Waals surface area (Å²) in [6.07, 6.45) is 0. The van der Waals surface area contributed by atoms with Crippen molar-refractivity contribution in [1.82, 2.24) is 0 Å². The molecule has 0 radical (unpaired) electrons. The van der Waals surface area contributed by atoms with Crippen LogP contribution in [0, 0.1) is 0 Å². The van der Waals surface area contributed by atoms with E-state index < -0.39 is 35.3 Å². The van der Waals surface area contributed by atoms with Crippen molar-refractivity contribution in [2.45, 2.75) is 14.7 Å². The molecular weight excluding hydrogens is 482 g/mol. The number of azo groups is 1. The van der Waals surface area contributed by atoms with Gasteiger partial charge in [-0.1, -0.05) is 36.4 Å². The fourth-order valence-corrected chi connectivity index (χ4v) is 5.67. The molecule has 0 amide bonds. The number of nitrogens with two attached hydrogens (primary N) is 1. The van der Waals surface area contributed by atoms with E-state index in [1.54, 1.807) is 6.07 Å². The maximum absolute atomic E-state index is 13.4. The van der Waals surface area contributed by atoms with E-state index in [1.807, 2.05) is 0 Å². The van der Waals surface area contributed by atoms with Crippen LogP contribution in [0.15, 0.2) is 104 Å². The van der Waals surface area contributed by atoms with Gasteiger partial charge in [0.15, 0.2) is 0 Å². The predicted molar refractivity (Wildman–Crippen MR) is 127 cm³/mol. The summed E-state index contributed by atoms with van der Waals surface area (Å²) in [4.78, 5) is -1.16. The summed E-state index contributed by atoms with van der Waals surface area (Å²) >= 11 is 0. The van der Waals surface area contributed by atoms with Crippen molar-refractivity contribution in [3.8, 4) is 5.75 Å². The van der Waals surface area contributed by atoms with Gasteiger partial charge in [0.2, 0.25) is 0 Å². The molecule has 176 valence electrons. The first-order chi connectivity index (χ1) is 15.9. The third-order valence-electron chi connectivity index (χ3n) is 5.06. The molecule has 6 N–H and O–H groups in total. The highest BCUT2D eigenvalue weighted by Crippen LogP contribution is 2.44. The Morgan fingerprint density at radius 1 is 0.853 bits per heavy atom. The van der Waals surface area contributed by atoms with Crippen molar-refractivity contribution >= 4 is 47.6 Å². The molecule has 0 bridgehead atoms. The van der Waals surface area contributed by atoms with Crippen molar-refractivity contribution in [2.75, 3.05) is 5.73 Å². The van der Waals surface area contributed by atoms with Crippen LogP contribution in [-0.2, 0) is 19.7 Å². The van der Waals surface area contributed by atoms with Crippen LogP contribution < -0.4 is 5.73 Å². The van der Waals surface area contributed by atoms with Crippen LogP contribution in [0.25, 0.3) is 10.8 Å². The lowest BCUT2D eigenvalue weighted by molar-refractivity contribution is 0.390. The molecule has 4 aromatic rings. The van der Waals surface area contributed by atoms with E-state index in [9.17, 15) is 31.4 Å². The minimum atomic E-state index is -5.52. The summed E-state index contributed by atoms with van der Waals surface area (Å²) in [5.41, 5.74) is 5.88. The minimum Gasteiger partial charge on any atom is -0.507 e. The van der Waals surface area contributed by atoms with Crippen LogP contribution in [0.4, 0.5) is 17.1 Å². The number of nitrogen functional groups attached to an aromatic ring is 1. The van der Waals surface area contributed by atoms with Gasteiger partial charge in [-0.05, 0) is 41.8 Å². The smallest absolute Gasteiger partial charge is 0.294 e. The van der Waals surface area contributed by atoms with Crippen LogP contribution in [0.1, 0.15) is 0 Å². The van der Waals surface area contributed by atoms with Crippen LogP contribution in [0.2, 0.25) is 0 Å². The summed E-state index contributed by atoms with van der Waals surface area (Å²) in [6.45, 7) is 0. The monoisotopic (exact) mass is 501 g/mol. The lowest BCUT2D eigenvalue weighted by Gasteiger charge is -2.31.